The molecule has 0 aliphatic rings. The van der Waals surface area contributed by atoms with E-state index in [1.807, 2.05) is 32.0 Å². The van der Waals surface area contributed by atoms with Gasteiger partial charge in [-0.05, 0) is 32.0 Å². The molecule has 2 aromatic heterocycles. The molecule has 0 bridgehead atoms. The van der Waals surface area contributed by atoms with Crippen LogP contribution in [0.4, 0.5) is 0 Å². The fourth-order valence-corrected chi connectivity index (χ4v) is 1.58. The highest BCUT2D eigenvalue weighted by molar-refractivity contribution is 5.29. The molecule has 0 saturated heterocycles. The Labute approximate surface area is 82.5 Å². The number of aryl methyl sites for hydroxylation is 2. The third-order valence-corrected chi connectivity index (χ3v) is 2.26. The van der Waals surface area contributed by atoms with Crippen LogP contribution in [0.5, 0.6) is 0 Å². The van der Waals surface area contributed by atoms with Gasteiger partial charge in [0.25, 0.3) is 0 Å². The highest BCUT2D eigenvalue weighted by Gasteiger charge is 2.16. The standard InChI is InChI=1S/C11H13NO2/c1-7-6-9(8(2)14-7)11(12)10-4-3-5-13-10/h3-6,11H,12H2,1-2H3. The zero-order valence-corrected chi connectivity index (χ0v) is 8.28. The number of furan rings is 2. The molecule has 0 aliphatic carbocycles. The minimum Gasteiger partial charge on any atom is -0.467 e. The maximum Gasteiger partial charge on any atom is 0.125 e. The summed E-state index contributed by atoms with van der Waals surface area (Å²) >= 11 is 0. The van der Waals surface area contributed by atoms with E-state index in [0.717, 1.165) is 22.8 Å². The summed E-state index contributed by atoms with van der Waals surface area (Å²) < 4.78 is 10.7. The topological polar surface area (TPSA) is 52.3 Å². The normalized spacial score (nSPS) is 13.1. The van der Waals surface area contributed by atoms with Crippen molar-refractivity contribution < 1.29 is 8.83 Å². The summed E-state index contributed by atoms with van der Waals surface area (Å²) in [5, 5.41) is 0. The molecular formula is C11H13NO2. The van der Waals surface area contributed by atoms with E-state index in [1.165, 1.54) is 0 Å². The second-order valence-electron chi connectivity index (χ2n) is 3.36. The molecule has 2 N–H and O–H groups in total. The van der Waals surface area contributed by atoms with Crippen LogP contribution in [0.1, 0.15) is 28.9 Å². The van der Waals surface area contributed by atoms with E-state index in [4.69, 9.17) is 14.6 Å². The van der Waals surface area contributed by atoms with Gasteiger partial charge < -0.3 is 14.6 Å². The van der Waals surface area contributed by atoms with Crippen LogP contribution >= 0.6 is 0 Å². The first kappa shape index (κ1) is 9.09. The van der Waals surface area contributed by atoms with Crippen LogP contribution in [0.3, 0.4) is 0 Å². The SMILES string of the molecule is Cc1cc(C(N)c2ccco2)c(C)o1. The van der Waals surface area contributed by atoms with E-state index in [2.05, 4.69) is 0 Å². The summed E-state index contributed by atoms with van der Waals surface area (Å²) in [6.45, 7) is 3.82. The van der Waals surface area contributed by atoms with Gasteiger partial charge in [-0.3, -0.25) is 0 Å². The predicted molar refractivity (Wildman–Crippen MR) is 52.9 cm³/mol. The van der Waals surface area contributed by atoms with Gasteiger partial charge >= 0.3 is 0 Å². The molecule has 74 valence electrons. The monoisotopic (exact) mass is 191 g/mol. The van der Waals surface area contributed by atoms with Gasteiger partial charge in [0, 0.05) is 5.56 Å². The molecule has 1 unspecified atom stereocenters. The number of hydrogen-bond donors (Lipinski definition) is 1. The van der Waals surface area contributed by atoms with Gasteiger partial charge in [0.2, 0.25) is 0 Å². The van der Waals surface area contributed by atoms with Crippen LogP contribution in [-0.4, -0.2) is 0 Å². The van der Waals surface area contributed by atoms with Crippen LogP contribution in [0.2, 0.25) is 0 Å². The maximum absolute atomic E-state index is 6.02. The molecule has 3 heteroatoms. The minimum absolute atomic E-state index is 0.234. The van der Waals surface area contributed by atoms with Crippen LogP contribution in [0.15, 0.2) is 33.3 Å². The van der Waals surface area contributed by atoms with Crippen LogP contribution in [0.25, 0.3) is 0 Å². The first-order valence-corrected chi connectivity index (χ1v) is 4.54. The average molecular weight is 191 g/mol. The van der Waals surface area contributed by atoms with Crippen molar-refractivity contribution in [2.45, 2.75) is 19.9 Å². The van der Waals surface area contributed by atoms with E-state index < -0.39 is 0 Å². The molecule has 2 aromatic rings. The van der Waals surface area contributed by atoms with Crippen LogP contribution < -0.4 is 5.73 Å². The molecule has 0 aromatic carbocycles. The molecule has 0 aliphatic heterocycles. The van der Waals surface area contributed by atoms with E-state index in [0.29, 0.717) is 0 Å². The Morgan fingerprint density at radius 2 is 2.14 bits per heavy atom. The molecule has 2 heterocycles. The van der Waals surface area contributed by atoms with Crippen molar-refractivity contribution in [2.24, 2.45) is 5.73 Å². The van der Waals surface area contributed by atoms with E-state index in [1.54, 1.807) is 6.26 Å². The Bertz CT molecular complexity index is 414. The molecule has 0 saturated carbocycles. The molecule has 3 nitrogen and oxygen atoms in total. The quantitative estimate of drug-likeness (QED) is 0.793. The third kappa shape index (κ3) is 1.46. The first-order valence-electron chi connectivity index (χ1n) is 4.54. The van der Waals surface area contributed by atoms with Gasteiger partial charge in [-0.2, -0.15) is 0 Å². The summed E-state index contributed by atoms with van der Waals surface area (Å²) in [7, 11) is 0. The smallest absolute Gasteiger partial charge is 0.125 e. The van der Waals surface area contributed by atoms with Gasteiger partial charge in [0.1, 0.15) is 17.3 Å². The number of nitrogens with two attached hydrogens (primary N) is 1. The van der Waals surface area contributed by atoms with E-state index >= 15 is 0 Å². The molecule has 1 atom stereocenters. The average Bonchev–Trinajstić information content (AvgIpc) is 2.73. The number of rotatable bonds is 2. The zero-order chi connectivity index (χ0) is 10.1. The second kappa shape index (κ2) is 3.35. The fraction of sp³-hybridized carbons (Fsp3) is 0.273. The van der Waals surface area contributed by atoms with Crippen molar-refractivity contribution in [1.29, 1.82) is 0 Å². The summed E-state index contributed by atoms with van der Waals surface area (Å²) in [5.74, 6) is 2.49. The molecule has 0 spiro atoms. The molecular weight excluding hydrogens is 178 g/mol. The van der Waals surface area contributed by atoms with E-state index in [9.17, 15) is 0 Å². The summed E-state index contributed by atoms with van der Waals surface area (Å²) in [4.78, 5) is 0. The van der Waals surface area contributed by atoms with Gasteiger partial charge in [0.05, 0.1) is 12.3 Å². The molecule has 14 heavy (non-hydrogen) atoms. The third-order valence-electron chi connectivity index (χ3n) is 2.26. The summed E-state index contributed by atoms with van der Waals surface area (Å²) in [6.07, 6.45) is 1.62. The molecule has 0 radical (unpaired) electrons. The van der Waals surface area contributed by atoms with Crippen LogP contribution in [0, 0.1) is 13.8 Å². The highest BCUT2D eigenvalue weighted by atomic mass is 16.3. The fourth-order valence-electron chi connectivity index (χ4n) is 1.58. The maximum atomic E-state index is 6.02. The van der Waals surface area contributed by atoms with Crippen molar-refractivity contribution in [3.63, 3.8) is 0 Å². The lowest BCUT2D eigenvalue weighted by molar-refractivity contribution is 0.475. The van der Waals surface area contributed by atoms with Crippen molar-refractivity contribution in [2.75, 3.05) is 0 Å². The number of hydrogen-bond acceptors (Lipinski definition) is 3. The highest BCUT2D eigenvalue weighted by Crippen LogP contribution is 2.25. The Morgan fingerprint density at radius 1 is 1.36 bits per heavy atom. The van der Waals surface area contributed by atoms with Gasteiger partial charge in [-0.15, -0.1) is 0 Å². The molecule has 0 amide bonds. The van der Waals surface area contributed by atoms with Gasteiger partial charge in [-0.1, -0.05) is 0 Å². The zero-order valence-electron chi connectivity index (χ0n) is 8.28. The molecule has 0 fully saturated rings. The lowest BCUT2D eigenvalue weighted by atomic mass is 10.1. The largest absolute Gasteiger partial charge is 0.467 e. The molecule has 2 rings (SSSR count). The van der Waals surface area contributed by atoms with E-state index in [-0.39, 0.29) is 6.04 Å². The Hall–Kier alpha value is -1.48. The van der Waals surface area contributed by atoms with Gasteiger partial charge in [0.15, 0.2) is 0 Å². The Morgan fingerprint density at radius 3 is 2.64 bits per heavy atom. The lowest BCUT2D eigenvalue weighted by Crippen LogP contribution is -2.10. The Balaban J connectivity index is 2.36. The second-order valence-corrected chi connectivity index (χ2v) is 3.36. The van der Waals surface area contributed by atoms with Crippen molar-refractivity contribution in [3.05, 3.63) is 47.3 Å². The Kier molecular flexibility index (Phi) is 2.17. The first-order chi connectivity index (χ1) is 6.68. The summed E-state index contributed by atoms with van der Waals surface area (Å²) in [6, 6.07) is 5.41. The van der Waals surface area contributed by atoms with Crippen molar-refractivity contribution >= 4 is 0 Å². The van der Waals surface area contributed by atoms with Crippen molar-refractivity contribution in [1.82, 2.24) is 0 Å². The predicted octanol–water partition coefficient (Wildman–Crippen LogP) is 2.54. The van der Waals surface area contributed by atoms with Gasteiger partial charge in [-0.25, -0.2) is 0 Å². The lowest BCUT2D eigenvalue weighted by Gasteiger charge is -2.06. The van der Waals surface area contributed by atoms with Crippen LogP contribution in [-0.2, 0) is 0 Å². The minimum atomic E-state index is -0.234. The van der Waals surface area contributed by atoms with Crippen molar-refractivity contribution in [3.8, 4) is 0 Å². The summed E-state index contributed by atoms with van der Waals surface area (Å²) in [5.41, 5.74) is 7.00.